The Labute approximate surface area is 99.3 Å². The van der Waals surface area contributed by atoms with Crippen LogP contribution in [0, 0.1) is 0 Å². The van der Waals surface area contributed by atoms with Gasteiger partial charge in [0.1, 0.15) is 9.84 Å². The Kier molecular flexibility index (Phi) is 5.46. The van der Waals surface area contributed by atoms with E-state index in [1.165, 1.54) is 6.26 Å². The molecule has 0 atom stereocenters. The number of rotatable bonds is 3. The van der Waals surface area contributed by atoms with Crippen molar-refractivity contribution >= 4 is 19.7 Å². The van der Waals surface area contributed by atoms with Gasteiger partial charge in [-0.15, -0.1) is 0 Å². The summed E-state index contributed by atoms with van der Waals surface area (Å²) in [6.07, 6.45) is 3.01. The molecule has 0 heterocycles. The third kappa shape index (κ3) is 5.30. The molecule has 16 heavy (non-hydrogen) atoms. The molecule has 1 rings (SSSR count). The lowest BCUT2D eigenvalue weighted by Gasteiger charge is -2.03. The van der Waals surface area contributed by atoms with Crippen LogP contribution >= 0.6 is 0 Å². The fourth-order valence-corrected chi connectivity index (χ4v) is 2.34. The smallest absolute Gasteiger partial charge is 0.155 e. The molecule has 0 saturated heterocycles. The van der Waals surface area contributed by atoms with Gasteiger partial charge in [-0.3, -0.25) is 0 Å². The summed E-state index contributed by atoms with van der Waals surface area (Å²) in [4.78, 5) is 0. The monoisotopic (exact) mass is 270 g/mol. The van der Waals surface area contributed by atoms with Gasteiger partial charge in [-0.2, -0.15) is 0 Å². The Bertz CT molecular complexity index is 392. The van der Waals surface area contributed by atoms with Crippen LogP contribution in [0.3, 0.4) is 0 Å². The van der Waals surface area contributed by atoms with Crippen LogP contribution in [0.5, 0.6) is 0 Å². The van der Waals surface area contributed by atoms with Crippen LogP contribution in [-0.2, 0) is 19.7 Å². The molecule has 0 radical (unpaired) electrons. The first-order chi connectivity index (χ1) is 6.99. The van der Waals surface area contributed by atoms with Gasteiger partial charge in [0, 0.05) is 6.26 Å². The summed E-state index contributed by atoms with van der Waals surface area (Å²) in [7, 11) is -5.44. The molecule has 0 bridgehead atoms. The van der Waals surface area contributed by atoms with Gasteiger partial charge < -0.3 is 0 Å². The Morgan fingerprint density at radius 3 is 1.25 bits per heavy atom. The lowest BCUT2D eigenvalue weighted by molar-refractivity contribution is 0.586. The zero-order valence-corrected chi connectivity index (χ0v) is 12.2. The minimum atomic E-state index is -2.74. The summed E-state index contributed by atoms with van der Waals surface area (Å²) in [5.74, 6) is 0. The van der Waals surface area contributed by atoms with Crippen molar-refractivity contribution in [3.05, 3.63) is 0 Å². The minimum absolute atomic E-state index is 0.0116. The lowest BCUT2D eigenvalue weighted by atomic mass is 10.6. The van der Waals surface area contributed by atoms with Crippen LogP contribution in [0.25, 0.3) is 0 Å². The zero-order chi connectivity index (χ0) is 13.1. The highest BCUT2D eigenvalue weighted by Gasteiger charge is 2.37. The van der Waals surface area contributed by atoms with E-state index < -0.39 is 19.7 Å². The molecule has 0 aromatic rings. The molecule has 1 fully saturated rings. The molecule has 0 aromatic heterocycles. The fraction of sp³-hybridized carbons (Fsp3) is 1.00. The van der Waals surface area contributed by atoms with Crippen LogP contribution in [-0.4, -0.2) is 38.8 Å². The number of hydrogen-bond acceptors (Lipinski definition) is 4. The van der Waals surface area contributed by atoms with E-state index in [0.717, 1.165) is 12.8 Å². The average molecular weight is 270 g/mol. The van der Waals surface area contributed by atoms with E-state index in [-0.39, 0.29) is 15.7 Å². The maximum absolute atomic E-state index is 11.1. The van der Waals surface area contributed by atoms with Crippen LogP contribution in [0.1, 0.15) is 40.5 Å². The van der Waals surface area contributed by atoms with Crippen molar-refractivity contribution in [2.24, 2.45) is 0 Å². The largest absolute Gasteiger partial charge is 0.229 e. The van der Waals surface area contributed by atoms with Gasteiger partial charge in [-0.05, 0) is 40.5 Å². The third-order valence-electron chi connectivity index (χ3n) is 2.50. The van der Waals surface area contributed by atoms with Crippen molar-refractivity contribution < 1.29 is 16.8 Å². The van der Waals surface area contributed by atoms with Gasteiger partial charge in [-0.1, -0.05) is 0 Å². The topological polar surface area (TPSA) is 68.3 Å². The molecule has 98 valence electrons. The first-order valence-electron chi connectivity index (χ1n) is 5.41. The summed E-state index contributed by atoms with van der Waals surface area (Å²) >= 11 is 0. The number of sulfone groups is 2. The Morgan fingerprint density at radius 2 is 1.19 bits per heavy atom. The molecule has 0 amide bonds. The second-order valence-corrected chi connectivity index (χ2v) is 10.1. The molecule has 0 spiro atoms. The molecule has 0 aliphatic heterocycles. The normalized spacial score (nSPS) is 17.2. The van der Waals surface area contributed by atoms with Gasteiger partial charge in [-0.25, -0.2) is 16.8 Å². The van der Waals surface area contributed by atoms with Gasteiger partial charge in [0.05, 0.1) is 15.7 Å². The van der Waals surface area contributed by atoms with Gasteiger partial charge in [0.2, 0.25) is 0 Å². The molecule has 1 aliphatic rings. The predicted molar refractivity (Wildman–Crippen MR) is 67.1 cm³/mol. The first kappa shape index (κ1) is 15.9. The van der Waals surface area contributed by atoms with Crippen molar-refractivity contribution in [2.45, 2.75) is 56.3 Å². The van der Waals surface area contributed by atoms with Crippen LogP contribution in [0.4, 0.5) is 0 Å². The molecule has 0 aromatic carbocycles. The lowest BCUT2D eigenvalue weighted by Crippen LogP contribution is -2.18. The minimum Gasteiger partial charge on any atom is -0.229 e. The summed E-state index contributed by atoms with van der Waals surface area (Å²) in [5.41, 5.74) is 0. The second-order valence-electron chi connectivity index (χ2n) is 4.72. The maximum Gasteiger partial charge on any atom is 0.155 e. The fourth-order valence-electron chi connectivity index (χ4n) is 0.781. The third-order valence-corrected chi connectivity index (χ3v) is 6.93. The first-order valence-corrected chi connectivity index (χ1v) is 8.97. The van der Waals surface area contributed by atoms with Gasteiger partial charge >= 0.3 is 0 Å². The SMILES string of the molecule is CC(C)S(=O)(=O)C1CC1.CC(C)S(C)(=O)=O. The molecule has 6 heteroatoms. The van der Waals surface area contributed by atoms with E-state index >= 15 is 0 Å². The summed E-state index contributed by atoms with van der Waals surface area (Å²) in [6.45, 7) is 6.81. The molecule has 1 saturated carbocycles. The highest BCUT2D eigenvalue weighted by Crippen LogP contribution is 2.30. The summed E-state index contributed by atoms with van der Waals surface area (Å²) < 4.78 is 42.8. The summed E-state index contributed by atoms with van der Waals surface area (Å²) in [5, 5.41) is -0.394. The summed E-state index contributed by atoms with van der Waals surface area (Å²) in [6, 6.07) is 0. The van der Waals surface area contributed by atoms with Crippen LogP contribution in [0.2, 0.25) is 0 Å². The van der Waals surface area contributed by atoms with E-state index in [4.69, 9.17) is 0 Å². The quantitative estimate of drug-likeness (QED) is 0.777. The van der Waals surface area contributed by atoms with E-state index in [9.17, 15) is 16.8 Å². The van der Waals surface area contributed by atoms with E-state index in [2.05, 4.69) is 0 Å². The van der Waals surface area contributed by atoms with Crippen molar-refractivity contribution in [1.29, 1.82) is 0 Å². The zero-order valence-electron chi connectivity index (χ0n) is 10.6. The molecule has 0 unspecified atom stereocenters. The Morgan fingerprint density at radius 1 is 0.875 bits per heavy atom. The van der Waals surface area contributed by atoms with E-state index in [1.807, 2.05) is 0 Å². The van der Waals surface area contributed by atoms with Crippen molar-refractivity contribution in [3.63, 3.8) is 0 Å². The molecular formula is C10H22O4S2. The highest BCUT2D eigenvalue weighted by molar-refractivity contribution is 7.92. The average Bonchev–Trinajstić information content (AvgIpc) is 2.84. The van der Waals surface area contributed by atoms with Crippen LogP contribution in [0.15, 0.2) is 0 Å². The number of hydrogen-bond donors (Lipinski definition) is 0. The van der Waals surface area contributed by atoms with E-state index in [0.29, 0.717) is 0 Å². The van der Waals surface area contributed by atoms with Crippen molar-refractivity contribution in [1.82, 2.24) is 0 Å². The van der Waals surface area contributed by atoms with E-state index in [1.54, 1.807) is 27.7 Å². The van der Waals surface area contributed by atoms with Crippen molar-refractivity contribution in [3.8, 4) is 0 Å². The second kappa shape index (κ2) is 5.49. The molecule has 0 N–H and O–H groups in total. The van der Waals surface area contributed by atoms with Crippen molar-refractivity contribution in [2.75, 3.05) is 6.26 Å². The maximum atomic E-state index is 11.1. The molecule has 4 nitrogen and oxygen atoms in total. The van der Waals surface area contributed by atoms with Crippen LogP contribution < -0.4 is 0 Å². The highest BCUT2D eigenvalue weighted by atomic mass is 32.2. The predicted octanol–water partition coefficient (Wildman–Crippen LogP) is 1.41. The Hall–Kier alpha value is -0.100. The van der Waals surface area contributed by atoms with Gasteiger partial charge in [0.25, 0.3) is 0 Å². The van der Waals surface area contributed by atoms with Gasteiger partial charge in [0.15, 0.2) is 9.84 Å². The molecule has 1 aliphatic carbocycles. The standard InChI is InChI=1S/C6H12O2S.C4H10O2S/c1-5(2)9(7,8)6-3-4-6;1-4(2)7(3,5)6/h5-6H,3-4H2,1-2H3;4H,1-3H3. The Balaban J connectivity index is 0.000000293. The molecular weight excluding hydrogens is 248 g/mol.